The van der Waals surface area contributed by atoms with Crippen molar-refractivity contribution in [3.63, 3.8) is 0 Å². The van der Waals surface area contributed by atoms with Gasteiger partial charge in [-0.15, -0.1) is 0 Å². The number of aromatic nitrogens is 2. The Bertz CT molecular complexity index is 1190. The van der Waals surface area contributed by atoms with Gasteiger partial charge >= 0.3 is 0 Å². The molecule has 1 saturated carbocycles. The Balaban J connectivity index is 1.09. The van der Waals surface area contributed by atoms with Gasteiger partial charge in [0, 0.05) is 72.1 Å². The quantitative estimate of drug-likeness (QED) is 0.454. The molecule has 4 nitrogen and oxygen atoms in total. The molecule has 2 aliphatic rings. The van der Waals surface area contributed by atoms with Gasteiger partial charge in [-0.1, -0.05) is 6.07 Å². The summed E-state index contributed by atoms with van der Waals surface area (Å²) in [5.74, 6) is 0.416. The lowest BCUT2D eigenvalue weighted by Gasteiger charge is -2.42. The van der Waals surface area contributed by atoms with Crippen molar-refractivity contribution in [2.45, 2.75) is 37.6 Å². The number of benzene rings is 2. The molecule has 1 saturated heterocycles. The molecule has 0 amide bonds. The number of fused-ring (bicyclic) bond motifs is 2. The lowest BCUT2D eigenvalue weighted by atomic mass is 9.81. The van der Waals surface area contributed by atoms with Crippen LogP contribution in [0, 0.1) is 5.82 Å². The molecule has 0 atom stereocenters. The van der Waals surface area contributed by atoms with Crippen LogP contribution < -0.4 is 4.90 Å². The second-order valence-corrected chi connectivity index (χ2v) is 9.18. The summed E-state index contributed by atoms with van der Waals surface area (Å²) in [7, 11) is 0. The van der Waals surface area contributed by atoms with Crippen molar-refractivity contribution in [1.82, 2.24) is 14.9 Å². The zero-order chi connectivity index (χ0) is 20.8. The monoisotopic (exact) mass is 416 g/mol. The van der Waals surface area contributed by atoms with Gasteiger partial charge in [-0.05, 0) is 73.6 Å². The Hall–Kier alpha value is -2.79. The van der Waals surface area contributed by atoms with E-state index in [2.05, 4.69) is 50.2 Å². The molecule has 6 rings (SSSR count). The average molecular weight is 417 g/mol. The minimum absolute atomic E-state index is 0.170. The fourth-order valence-electron chi connectivity index (χ4n) is 5.88. The predicted octanol–water partition coefficient (Wildman–Crippen LogP) is 5.64. The van der Waals surface area contributed by atoms with E-state index < -0.39 is 0 Å². The summed E-state index contributed by atoms with van der Waals surface area (Å²) in [6.45, 7) is 4.47. The van der Waals surface area contributed by atoms with Gasteiger partial charge in [0.15, 0.2) is 0 Å². The molecule has 31 heavy (non-hydrogen) atoms. The highest BCUT2D eigenvalue weighted by atomic mass is 19.1. The van der Waals surface area contributed by atoms with Crippen LogP contribution in [0.4, 0.5) is 10.1 Å². The maximum Gasteiger partial charge on any atom is 0.125 e. The van der Waals surface area contributed by atoms with Gasteiger partial charge in [0.1, 0.15) is 5.82 Å². The summed E-state index contributed by atoms with van der Waals surface area (Å²) in [5.41, 5.74) is 4.87. The minimum atomic E-state index is -0.170. The summed E-state index contributed by atoms with van der Waals surface area (Å²) in [5, 5.41) is 2.52. The SMILES string of the molecule is Fc1ccc2c(c1)[nH]cc2[C@H]1CC[C@H](N2CCN(c3cccc4[nH]ccc34)CC2)CC1. The van der Waals surface area contributed by atoms with E-state index in [0.29, 0.717) is 12.0 Å². The Morgan fingerprint density at radius 3 is 2.48 bits per heavy atom. The molecule has 0 radical (unpaired) electrons. The molecular weight excluding hydrogens is 387 g/mol. The third-order valence-corrected chi connectivity index (χ3v) is 7.56. The van der Waals surface area contributed by atoms with Gasteiger partial charge in [0.2, 0.25) is 0 Å². The van der Waals surface area contributed by atoms with E-state index >= 15 is 0 Å². The third-order valence-electron chi connectivity index (χ3n) is 7.56. The summed E-state index contributed by atoms with van der Waals surface area (Å²) >= 11 is 0. The van der Waals surface area contributed by atoms with Gasteiger partial charge in [-0.25, -0.2) is 4.39 Å². The molecular formula is C26H29FN4. The third kappa shape index (κ3) is 3.41. The number of hydrogen-bond acceptors (Lipinski definition) is 2. The maximum atomic E-state index is 13.5. The largest absolute Gasteiger partial charge is 0.368 e. The molecule has 0 bridgehead atoms. The number of aromatic amines is 2. The van der Waals surface area contributed by atoms with Crippen molar-refractivity contribution in [1.29, 1.82) is 0 Å². The number of nitrogens with zero attached hydrogens (tertiary/aromatic N) is 2. The van der Waals surface area contributed by atoms with Crippen LogP contribution in [0.2, 0.25) is 0 Å². The van der Waals surface area contributed by atoms with E-state index in [0.717, 1.165) is 31.7 Å². The van der Waals surface area contributed by atoms with Gasteiger partial charge in [0.05, 0.1) is 0 Å². The Labute approximate surface area is 182 Å². The summed E-state index contributed by atoms with van der Waals surface area (Å²) < 4.78 is 13.5. The van der Waals surface area contributed by atoms with Crippen molar-refractivity contribution in [3.05, 3.63) is 66.2 Å². The molecule has 0 spiro atoms. The molecule has 160 valence electrons. The van der Waals surface area contributed by atoms with Crippen LogP contribution in [0.5, 0.6) is 0 Å². The summed E-state index contributed by atoms with van der Waals surface area (Å²) in [6, 6.07) is 14.6. The zero-order valence-electron chi connectivity index (χ0n) is 17.8. The molecule has 1 aliphatic heterocycles. The first-order chi connectivity index (χ1) is 15.3. The standard InChI is InChI=1S/C26H29FN4/c27-19-6-9-21-23(17-29-25(21)16-19)18-4-7-20(8-5-18)30-12-14-31(15-13-30)26-3-1-2-24-22(26)10-11-28-24/h1-3,6,9-11,16-18,20,28-29H,4-5,7-8,12-15H2/t18-,20-. The van der Waals surface area contributed by atoms with Crippen LogP contribution in [0.1, 0.15) is 37.2 Å². The van der Waals surface area contributed by atoms with Crippen molar-refractivity contribution in [3.8, 4) is 0 Å². The van der Waals surface area contributed by atoms with E-state index in [1.807, 2.05) is 12.3 Å². The first-order valence-electron chi connectivity index (χ1n) is 11.6. The molecule has 2 N–H and O–H groups in total. The molecule has 2 aromatic carbocycles. The zero-order valence-corrected chi connectivity index (χ0v) is 17.8. The van der Waals surface area contributed by atoms with Crippen molar-refractivity contribution in [2.75, 3.05) is 31.1 Å². The minimum Gasteiger partial charge on any atom is -0.368 e. The van der Waals surface area contributed by atoms with Crippen LogP contribution in [0.15, 0.2) is 54.9 Å². The highest BCUT2D eigenvalue weighted by molar-refractivity contribution is 5.92. The summed E-state index contributed by atoms with van der Waals surface area (Å²) in [4.78, 5) is 11.9. The molecule has 5 heteroatoms. The second kappa shape index (κ2) is 7.72. The number of nitrogens with one attached hydrogen (secondary N) is 2. The van der Waals surface area contributed by atoms with E-state index in [1.165, 1.54) is 53.2 Å². The van der Waals surface area contributed by atoms with Gasteiger partial charge in [-0.2, -0.15) is 0 Å². The fourth-order valence-corrected chi connectivity index (χ4v) is 5.88. The van der Waals surface area contributed by atoms with Crippen molar-refractivity contribution >= 4 is 27.5 Å². The Morgan fingerprint density at radius 1 is 0.806 bits per heavy atom. The van der Waals surface area contributed by atoms with Gasteiger partial charge < -0.3 is 14.9 Å². The maximum absolute atomic E-state index is 13.5. The van der Waals surface area contributed by atoms with E-state index in [-0.39, 0.29) is 5.82 Å². The van der Waals surface area contributed by atoms with E-state index in [4.69, 9.17) is 0 Å². The van der Waals surface area contributed by atoms with Gasteiger partial charge in [0.25, 0.3) is 0 Å². The number of halogens is 1. The normalized spacial score (nSPS) is 23.1. The first kappa shape index (κ1) is 18.9. The van der Waals surface area contributed by atoms with Crippen molar-refractivity contribution < 1.29 is 4.39 Å². The highest BCUT2D eigenvalue weighted by Gasteiger charge is 2.30. The Kier molecular flexibility index (Phi) is 4.72. The van der Waals surface area contributed by atoms with Crippen LogP contribution in [-0.4, -0.2) is 47.1 Å². The smallest absolute Gasteiger partial charge is 0.125 e. The molecule has 4 aromatic rings. The first-order valence-corrected chi connectivity index (χ1v) is 11.6. The summed E-state index contributed by atoms with van der Waals surface area (Å²) in [6.07, 6.45) is 9.09. The van der Waals surface area contributed by atoms with E-state index in [1.54, 1.807) is 12.1 Å². The highest BCUT2D eigenvalue weighted by Crippen LogP contribution is 2.38. The number of piperazine rings is 1. The van der Waals surface area contributed by atoms with Crippen LogP contribution in [0.3, 0.4) is 0 Å². The van der Waals surface area contributed by atoms with Crippen molar-refractivity contribution in [2.24, 2.45) is 0 Å². The second-order valence-electron chi connectivity index (χ2n) is 9.18. The topological polar surface area (TPSA) is 38.1 Å². The van der Waals surface area contributed by atoms with E-state index in [9.17, 15) is 4.39 Å². The Morgan fingerprint density at radius 2 is 1.65 bits per heavy atom. The molecule has 2 fully saturated rings. The molecule has 0 unspecified atom stereocenters. The number of rotatable bonds is 3. The van der Waals surface area contributed by atoms with Crippen LogP contribution in [-0.2, 0) is 0 Å². The molecule has 1 aliphatic carbocycles. The lowest BCUT2D eigenvalue weighted by Crippen LogP contribution is -2.51. The molecule has 2 aromatic heterocycles. The van der Waals surface area contributed by atoms with Crippen LogP contribution in [0.25, 0.3) is 21.8 Å². The number of H-pyrrole nitrogens is 2. The predicted molar refractivity (Wildman–Crippen MR) is 125 cm³/mol. The van der Waals surface area contributed by atoms with Crippen LogP contribution >= 0.6 is 0 Å². The fraction of sp³-hybridized carbons (Fsp3) is 0.385. The average Bonchev–Trinajstić information content (AvgIpc) is 3.46. The number of hydrogen-bond donors (Lipinski definition) is 2. The molecule has 3 heterocycles. The number of anilines is 1. The van der Waals surface area contributed by atoms with Gasteiger partial charge in [-0.3, -0.25) is 4.90 Å². The lowest BCUT2D eigenvalue weighted by molar-refractivity contribution is 0.141.